The highest BCUT2D eigenvalue weighted by molar-refractivity contribution is 9.10. The van der Waals surface area contributed by atoms with Crippen molar-refractivity contribution in [1.29, 1.82) is 0 Å². The number of benzene rings is 1. The van der Waals surface area contributed by atoms with Crippen molar-refractivity contribution in [2.75, 3.05) is 13.6 Å². The molecule has 0 radical (unpaired) electrons. The maximum absolute atomic E-state index is 12.2. The number of nitrogens with two attached hydrogens (primary N) is 1. The van der Waals surface area contributed by atoms with Crippen molar-refractivity contribution in [2.24, 2.45) is 5.14 Å². The quantitative estimate of drug-likeness (QED) is 0.788. The van der Waals surface area contributed by atoms with E-state index in [0.29, 0.717) is 16.6 Å². The third-order valence-corrected chi connectivity index (χ3v) is 4.24. The standard InChI is InChI=1S/C13H19BrN2O3S/c1-3-4-5-6-16(2)13(17)10-7-11(14)9-12(8-10)20(15,18)19/h7-9H,3-6H2,1-2H3,(H2,15,18,19). The van der Waals surface area contributed by atoms with Gasteiger partial charge in [0, 0.05) is 23.6 Å². The van der Waals surface area contributed by atoms with Gasteiger partial charge in [0.2, 0.25) is 10.0 Å². The van der Waals surface area contributed by atoms with Gasteiger partial charge in [-0.05, 0) is 24.6 Å². The summed E-state index contributed by atoms with van der Waals surface area (Å²) in [5.41, 5.74) is 0.308. The monoisotopic (exact) mass is 362 g/mol. The summed E-state index contributed by atoms with van der Waals surface area (Å²) >= 11 is 3.20. The van der Waals surface area contributed by atoms with Crippen LogP contribution in [0, 0.1) is 0 Å². The molecule has 2 N–H and O–H groups in total. The van der Waals surface area contributed by atoms with Crippen LogP contribution < -0.4 is 5.14 Å². The summed E-state index contributed by atoms with van der Waals surface area (Å²) in [6.45, 7) is 2.73. The van der Waals surface area contributed by atoms with E-state index in [0.717, 1.165) is 19.3 Å². The second-order valence-corrected chi connectivity index (χ2v) is 7.13. The van der Waals surface area contributed by atoms with E-state index in [9.17, 15) is 13.2 Å². The first-order chi connectivity index (χ1) is 9.25. The number of hydrogen-bond donors (Lipinski definition) is 1. The molecule has 0 aliphatic rings. The van der Waals surface area contributed by atoms with Crippen molar-refractivity contribution >= 4 is 31.9 Å². The number of amides is 1. The summed E-state index contributed by atoms with van der Waals surface area (Å²) in [7, 11) is -2.12. The third-order valence-electron chi connectivity index (χ3n) is 2.89. The summed E-state index contributed by atoms with van der Waals surface area (Å²) in [6, 6.07) is 4.27. The summed E-state index contributed by atoms with van der Waals surface area (Å²) in [6.07, 6.45) is 3.06. The van der Waals surface area contributed by atoms with E-state index in [1.807, 2.05) is 0 Å². The van der Waals surface area contributed by atoms with Crippen LogP contribution in [0.3, 0.4) is 0 Å². The Hall–Kier alpha value is -0.920. The fourth-order valence-electron chi connectivity index (χ4n) is 1.77. The smallest absolute Gasteiger partial charge is 0.253 e. The molecular formula is C13H19BrN2O3S. The third kappa shape index (κ3) is 4.88. The minimum atomic E-state index is -3.83. The van der Waals surface area contributed by atoms with Crippen LogP contribution in [0.2, 0.25) is 0 Å². The van der Waals surface area contributed by atoms with E-state index in [1.165, 1.54) is 12.1 Å². The Morgan fingerprint density at radius 3 is 2.50 bits per heavy atom. The molecule has 0 saturated carbocycles. The summed E-state index contributed by atoms with van der Waals surface area (Å²) in [5, 5.41) is 5.10. The van der Waals surface area contributed by atoms with E-state index in [-0.39, 0.29) is 10.8 Å². The largest absolute Gasteiger partial charge is 0.342 e. The van der Waals surface area contributed by atoms with Gasteiger partial charge in [-0.1, -0.05) is 35.7 Å². The lowest BCUT2D eigenvalue weighted by molar-refractivity contribution is 0.0792. The minimum absolute atomic E-state index is 0.0721. The van der Waals surface area contributed by atoms with Crippen molar-refractivity contribution in [2.45, 2.75) is 31.1 Å². The second-order valence-electron chi connectivity index (χ2n) is 4.65. The van der Waals surface area contributed by atoms with Gasteiger partial charge in [-0.25, -0.2) is 13.6 Å². The molecule has 0 aromatic heterocycles. The van der Waals surface area contributed by atoms with E-state index >= 15 is 0 Å². The Morgan fingerprint density at radius 2 is 1.95 bits per heavy atom. The van der Waals surface area contributed by atoms with E-state index in [2.05, 4.69) is 22.9 Å². The Bertz CT molecular complexity index is 587. The maximum atomic E-state index is 12.2. The second kappa shape index (κ2) is 7.19. The number of nitrogens with zero attached hydrogens (tertiary/aromatic N) is 1. The van der Waals surface area contributed by atoms with Gasteiger partial charge in [-0.2, -0.15) is 0 Å². The number of carbonyl (C=O) groups is 1. The predicted octanol–water partition coefficient (Wildman–Crippen LogP) is 2.36. The van der Waals surface area contributed by atoms with Crippen LogP contribution in [0.15, 0.2) is 27.6 Å². The number of sulfonamides is 1. The molecule has 0 aliphatic heterocycles. The van der Waals surface area contributed by atoms with Gasteiger partial charge in [0.1, 0.15) is 0 Å². The summed E-state index contributed by atoms with van der Waals surface area (Å²) in [5.74, 6) is -0.215. The van der Waals surface area contributed by atoms with Gasteiger partial charge in [-0.3, -0.25) is 4.79 Å². The zero-order valence-electron chi connectivity index (χ0n) is 11.6. The van der Waals surface area contributed by atoms with E-state index in [4.69, 9.17) is 5.14 Å². The van der Waals surface area contributed by atoms with Gasteiger partial charge < -0.3 is 4.90 Å². The van der Waals surface area contributed by atoms with Gasteiger partial charge in [0.15, 0.2) is 0 Å². The molecule has 1 rings (SSSR count). The van der Waals surface area contributed by atoms with Gasteiger partial charge >= 0.3 is 0 Å². The molecule has 20 heavy (non-hydrogen) atoms. The van der Waals surface area contributed by atoms with Crippen molar-refractivity contribution in [3.8, 4) is 0 Å². The van der Waals surface area contributed by atoms with Crippen LogP contribution in [0.5, 0.6) is 0 Å². The molecule has 0 atom stereocenters. The lowest BCUT2D eigenvalue weighted by atomic mass is 10.2. The summed E-state index contributed by atoms with van der Waals surface area (Å²) < 4.78 is 23.3. The molecule has 0 fully saturated rings. The molecule has 0 aliphatic carbocycles. The normalized spacial score (nSPS) is 11.4. The molecule has 0 spiro atoms. The van der Waals surface area contributed by atoms with Crippen molar-refractivity contribution < 1.29 is 13.2 Å². The lowest BCUT2D eigenvalue weighted by Gasteiger charge is -2.17. The van der Waals surface area contributed by atoms with Gasteiger partial charge in [-0.15, -0.1) is 0 Å². The van der Waals surface area contributed by atoms with Crippen LogP contribution in [0.4, 0.5) is 0 Å². The fraction of sp³-hybridized carbons (Fsp3) is 0.462. The van der Waals surface area contributed by atoms with E-state index < -0.39 is 10.0 Å². The molecule has 5 nitrogen and oxygen atoms in total. The van der Waals surface area contributed by atoms with Crippen LogP contribution in [0.25, 0.3) is 0 Å². The van der Waals surface area contributed by atoms with E-state index in [1.54, 1.807) is 18.0 Å². The topological polar surface area (TPSA) is 80.5 Å². The molecule has 0 saturated heterocycles. The van der Waals surface area contributed by atoms with Crippen molar-refractivity contribution in [3.05, 3.63) is 28.2 Å². The first-order valence-corrected chi connectivity index (χ1v) is 8.68. The van der Waals surface area contributed by atoms with Crippen LogP contribution >= 0.6 is 15.9 Å². The first kappa shape index (κ1) is 17.1. The van der Waals surface area contributed by atoms with Gasteiger partial charge in [0.25, 0.3) is 5.91 Å². The molecule has 0 bridgehead atoms. The Labute approximate surface area is 128 Å². The molecule has 1 aromatic carbocycles. The molecule has 7 heteroatoms. The zero-order chi connectivity index (χ0) is 15.3. The predicted molar refractivity (Wildman–Crippen MR) is 82.0 cm³/mol. The Kier molecular flexibility index (Phi) is 6.16. The fourth-order valence-corrected chi connectivity index (χ4v) is 3.00. The van der Waals surface area contributed by atoms with Crippen molar-refractivity contribution in [3.63, 3.8) is 0 Å². The summed E-state index contributed by atoms with van der Waals surface area (Å²) in [4.78, 5) is 13.8. The maximum Gasteiger partial charge on any atom is 0.253 e. The highest BCUT2D eigenvalue weighted by atomic mass is 79.9. The molecule has 0 unspecified atom stereocenters. The number of hydrogen-bond acceptors (Lipinski definition) is 3. The van der Waals surface area contributed by atoms with Gasteiger partial charge in [0.05, 0.1) is 4.90 Å². The molecular weight excluding hydrogens is 344 g/mol. The lowest BCUT2D eigenvalue weighted by Crippen LogP contribution is -2.28. The molecule has 1 amide bonds. The minimum Gasteiger partial charge on any atom is -0.342 e. The Morgan fingerprint density at radius 1 is 1.30 bits per heavy atom. The highest BCUT2D eigenvalue weighted by Gasteiger charge is 2.16. The number of unbranched alkanes of at least 4 members (excludes halogenated alkanes) is 2. The van der Waals surface area contributed by atoms with Crippen LogP contribution in [-0.2, 0) is 10.0 Å². The van der Waals surface area contributed by atoms with Crippen LogP contribution in [-0.4, -0.2) is 32.8 Å². The zero-order valence-corrected chi connectivity index (χ0v) is 14.0. The first-order valence-electron chi connectivity index (χ1n) is 6.34. The van der Waals surface area contributed by atoms with Crippen molar-refractivity contribution in [1.82, 2.24) is 4.90 Å². The number of rotatable bonds is 6. The average molecular weight is 363 g/mol. The number of halogens is 1. The highest BCUT2D eigenvalue weighted by Crippen LogP contribution is 2.20. The molecule has 0 heterocycles. The Balaban J connectivity index is 2.96. The SMILES string of the molecule is CCCCCN(C)C(=O)c1cc(Br)cc(S(N)(=O)=O)c1. The molecule has 1 aromatic rings. The average Bonchev–Trinajstić information content (AvgIpc) is 2.36. The van der Waals surface area contributed by atoms with Crippen LogP contribution in [0.1, 0.15) is 36.5 Å². The number of primary sulfonamides is 1. The molecule has 112 valence electrons. The number of carbonyl (C=O) groups excluding carboxylic acids is 1.